The van der Waals surface area contributed by atoms with Crippen LogP contribution in [0.5, 0.6) is 0 Å². The summed E-state index contributed by atoms with van der Waals surface area (Å²) in [5.41, 5.74) is 2.52. The third-order valence-electron chi connectivity index (χ3n) is 10.3. The second-order valence-electron chi connectivity index (χ2n) is 13.8. The first-order valence-corrected chi connectivity index (χ1v) is 20.6. The lowest BCUT2D eigenvalue weighted by Crippen LogP contribution is -2.42. The molecule has 0 aliphatic carbocycles. The van der Waals surface area contributed by atoms with Crippen molar-refractivity contribution in [2.24, 2.45) is 0 Å². The van der Waals surface area contributed by atoms with Crippen LogP contribution in [0.1, 0.15) is 86.8 Å². The van der Waals surface area contributed by atoms with Gasteiger partial charge in [0.1, 0.15) is 0 Å². The number of hydrogen-bond acceptors (Lipinski definition) is 1. The maximum Gasteiger partial charge on any atom is 0.0412 e. The van der Waals surface area contributed by atoms with Gasteiger partial charge < -0.3 is 0 Å². The zero-order valence-corrected chi connectivity index (χ0v) is 30.1. The minimum atomic E-state index is -1.22. The van der Waals surface area contributed by atoms with E-state index in [4.69, 9.17) is 0 Å². The average Bonchev–Trinajstić information content (AvgIpc) is 3.41. The van der Waals surface area contributed by atoms with E-state index in [-0.39, 0.29) is 0 Å². The van der Waals surface area contributed by atoms with E-state index in [9.17, 15) is 0 Å². The zero-order chi connectivity index (χ0) is 30.8. The van der Waals surface area contributed by atoms with Crippen molar-refractivity contribution in [2.75, 3.05) is 0 Å². The van der Waals surface area contributed by atoms with Crippen molar-refractivity contribution >= 4 is 73.2 Å². The highest BCUT2D eigenvalue weighted by atomic mass is 32.3. The molecule has 0 nitrogen and oxygen atoms in total. The summed E-state index contributed by atoms with van der Waals surface area (Å²) in [4.78, 5) is 0. The van der Waals surface area contributed by atoms with E-state index in [1.165, 1.54) is 60.0 Å². The van der Waals surface area contributed by atoms with Gasteiger partial charge in [0.05, 0.1) is 0 Å². The lowest BCUT2D eigenvalue weighted by molar-refractivity contribution is 0.702. The largest absolute Gasteiger partial charge is 0.177 e. The van der Waals surface area contributed by atoms with Crippen LogP contribution in [-0.2, 0) is 0 Å². The maximum atomic E-state index is 4.40. The second kappa shape index (κ2) is 11.2. The molecule has 1 aliphatic heterocycles. The summed E-state index contributed by atoms with van der Waals surface area (Å²) in [6.07, 6.45) is 1.30. The molecule has 0 spiro atoms. The van der Waals surface area contributed by atoms with Gasteiger partial charge in [-0.05, 0) is 111 Å². The van der Waals surface area contributed by atoms with Gasteiger partial charge in [-0.15, -0.1) is 11.3 Å². The molecule has 1 aromatic heterocycles. The first kappa shape index (κ1) is 30.7. The molecule has 0 bridgehead atoms. The van der Waals surface area contributed by atoms with Crippen molar-refractivity contribution in [3.8, 4) is 16.4 Å². The first-order valence-electron chi connectivity index (χ1n) is 16.1. The Bertz CT molecular complexity index is 2010. The number of thiophene rings is 1. The molecule has 3 heteroatoms. The molecule has 0 N–H and O–H groups in total. The standard InChI is InChI=1S/C40H48S3/c1-25(2)42(29(9)19-30(42)10)18-16-34-35-20-31-13-11-12-14-32(31)21-36(35)39(24-43(26(3)4,27(5)6)28(7)8)37-22-33-15-17-41-40(33)23-38(34)37/h11-15,17,20-23,25-30H,19H2,1-10H3. The normalized spacial score (nSPS) is 22.4. The molecule has 2 unspecified atom stereocenters. The van der Waals surface area contributed by atoms with Crippen molar-refractivity contribution in [1.82, 2.24) is 0 Å². The summed E-state index contributed by atoms with van der Waals surface area (Å²) in [5.74, 6) is 3.97. The number of rotatable bonds is 1. The first-order chi connectivity index (χ1) is 20.4. The lowest BCUT2D eigenvalue weighted by Gasteiger charge is -2.58. The predicted octanol–water partition coefficient (Wildman–Crippen LogP) is 12.4. The fraction of sp³-hybridized carbons (Fsp3) is 0.425. The van der Waals surface area contributed by atoms with Crippen molar-refractivity contribution in [1.29, 1.82) is 0 Å². The summed E-state index contributed by atoms with van der Waals surface area (Å²) in [5, 5.41) is 23.4. The Morgan fingerprint density at radius 1 is 0.698 bits per heavy atom. The summed E-state index contributed by atoms with van der Waals surface area (Å²) in [6, 6.07) is 20.9. The fourth-order valence-electron chi connectivity index (χ4n) is 8.22. The molecule has 4 aromatic carbocycles. The average molecular weight is 625 g/mol. The number of benzene rings is 4. The SMILES string of the molecule is CC(C)S1(C#Cc2c3cc4ccccc4cc3c(C#S(C(C)C)(C(C)C)C(C)C)c3cc4ccsc4cc23)C(C)CC1C. The van der Waals surface area contributed by atoms with Gasteiger partial charge in [-0.1, -0.05) is 105 Å². The summed E-state index contributed by atoms with van der Waals surface area (Å²) in [7, 11) is -2.25. The van der Waals surface area contributed by atoms with Gasteiger partial charge in [0, 0.05) is 21.2 Å². The van der Waals surface area contributed by atoms with E-state index in [1.54, 1.807) is 0 Å². The zero-order valence-electron chi connectivity index (χ0n) is 27.7. The summed E-state index contributed by atoms with van der Waals surface area (Å²) in [6.45, 7) is 24.3. The van der Waals surface area contributed by atoms with Crippen LogP contribution in [0.4, 0.5) is 0 Å². The predicted molar refractivity (Wildman–Crippen MR) is 203 cm³/mol. The van der Waals surface area contributed by atoms with E-state index in [1.807, 2.05) is 11.3 Å². The van der Waals surface area contributed by atoms with Crippen LogP contribution in [0.25, 0.3) is 42.4 Å². The molecule has 226 valence electrons. The van der Waals surface area contributed by atoms with Gasteiger partial charge in [-0.3, -0.25) is 0 Å². The molecule has 43 heavy (non-hydrogen) atoms. The number of fused-ring (bicyclic) bond motifs is 4. The van der Waals surface area contributed by atoms with Crippen molar-refractivity contribution in [2.45, 2.75) is 107 Å². The van der Waals surface area contributed by atoms with Gasteiger partial charge in [-0.25, -0.2) is 0 Å². The van der Waals surface area contributed by atoms with E-state index in [0.717, 1.165) is 0 Å². The molecule has 0 saturated carbocycles. The summed E-state index contributed by atoms with van der Waals surface area (Å²) < 4.78 is 1.34. The van der Waals surface area contributed by atoms with Crippen LogP contribution in [0, 0.1) is 16.4 Å². The second-order valence-corrected chi connectivity index (χ2v) is 23.5. The highest BCUT2D eigenvalue weighted by Crippen LogP contribution is 2.69. The molecule has 1 fully saturated rings. The van der Waals surface area contributed by atoms with E-state index in [0.29, 0.717) is 31.5 Å². The van der Waals surface area contributed by atoms with Gasteiger partial charge in [0.2, 0.25) is 0 Å². The molecule has 2 atom stereocenters. The Morgan fingerprint density at radius 2 is 1.21 bits per heavy atom. The van der Waals surface area contributed by atoms with Crippen molar-refractivity contribution < 1.29 is 0 Å². The van der Waals surface area contributed by atoms with Crippen LogP contribution in [-0.4, -0.2) is 31.5 Å². The van der Waals surface area contributed by atoms with Crippen molar-refractivity contribution in [3.05, 3.63) is 71.1 Å². The molecule has 0 radical (unpaired) electrons. The number of hydrogen-bond donors (Lipinski definition) is 0. The lowest BCUT2D eigenvalue weighted by atomic mass is 9.90. The molecule has 5 aromatic rings. The third-order valence-corrected chi connectivity index (χ3v) is 21.5. The highest BCUT2D eigenvalue weighted by Gasteiger charge is 2.46. The van der Waals surface area contributed by atoms with E-state index < -0.39 is 19.5 Å². The molecule has 1 saturated heterocycles. The van der Waals surface area contributed by atoms with E-state index in [2.05, 4.69) is 146 Å². The van der Waals surface area contributed by atoms with Gasteiger partial charge >= 0.3 is 0 Å². The van der Waals surface area contributed by atoms with Crippen LogP contribution in [0.15, 0.2) is 60.0 Å². The van der Waals surface area contributed by atoms with Crippen LogP contribution >= 0.6 is 30.8 Å². The monoisotopic (exact) mass is 624 g/mol. The fourth-order valence-corrected chi connectivity index (χ4v) is 18.0. The molecular weight excluding hydrogens is 577 g/mol. The van der Waals surface area contributed by atoms with Crippen molar-refractivity contribution in [3.63, 3.8) is 0 Å². The Morgan fingerprint density at radius 3 is 1.72 bits per heavy atom. The van der Waals surface area contributed by atoms with Gasteiger partial charge in [0.25, 0.3) is 0 Å². The highest BCUT2D eigenvalue weighted by molar-refractivity contribution is 8.39. The Hall–Kier alpha value is -2.34. The van der Waals surface area contributed by atoms with Crippen LogP contribution in [0.2, 0.25) is 0 Å². The maximum absolute atomic E-state index is 4.40. The minimum Gasteiger partial charge on any atom is -0.177 e. The summed E-state index contributed by atoms with van der Waals surface area (Å²) >= 11 is 1.84. The Balaban J connectivity index is 1.86. The Labute approximate surface area is 266 Å². The smallest absolute Gasteiger partial charge is 0.0412 e. The topological polar surface area (TPSA) is 0 Å². The van der Waals surface area contributed by atoms with Gasteiger partial charge in [-0.2, -0.15) is 19.5 Å². The molecule has 6 rings (SSSR count). The Kier molecular flexibility index (Phi) is 8.01. The third kappa shape index (κ3) is 4.68. The molecule has 1 aliphatic rings. The molecular formula is C40H48S3. The quantitative estimate of drug-likeness (QED) is 0.129. The van der Waals surface area contributed by atoms with Crippen LogP contribution in [0.3, 0.4) is 0 Å². The minimum absolute atomic E-state index is 0.540. The van der Waals surface area contributed by atoms with Gasteiger partial charge in [0.15, 0.2) is 0 Å². The van der Waals surface area contributed by atoms with Crippen LogP contribution < -0.4 is 0 Å². The molecule has 2 heterocycles. The van der Waals surface area contributed by atoms with E-state index >= 15 is 0 Å². The molecule has 0 amide bonds.